The van der Waals surface area contributed by atoms with Crippen molar-refractivity contribution in [2.45, 2.75) is 51.7 Å². The largest absolute Gasteiger partial charge is 0.360 e. The van der Waals surface area contributed by atoms with Gasteiger partial charge in [-0.05, 0) is 44.7 Å². The van der Waals surface area contributed by atoms with Gasteiger partial charge >= 0.3 is 0 Å². The number of hydrogen-bond acceptors (Lipinski definition) is 1. The molecular formula is C18H24O. The summed E-state index contributed by atoms with van der Waals surface area (Å²) >= 11 is 0. The Labute approximate surface area is 117 Å². The molecule has 0 aliphatic heterocycles. The maximum Gasteiger partial charge on any atom is 0.118 e. The summed E-state index contributed by atoms with van der Waals surface area (Å²) < 4.78 is 6.53. The summed E-state index contributed by atoms with van der Waals surface area (Å²) in [5.74, 6) is 0. The van der Waals surface area contributed by atoms with Crippen LogP contribution in [0.3, 0.4) is 0 Å². The molecule has 1 aliphatic carbocycles. The van der Waals surface area contributed by atoms with Crippen LogP contribution in [-0.2, 0) is 10.3 Å². The lowest BCUT2D eigenvalue weighted by molar-refractivity contribution is -0.116. The van der Waals surface area contributed by atoms with Crippen LogP contribution in [-0.4, -0.2) is 5.60 Å². The number of allylic oxidation sites excluding steroid dienone is 2. The molecule has 1 atom stereocenters. The van der Waals surface area contributed by atoms with E-state index in [0.29, 0.717) is 0 Å². The van der Waals surface area contributed by atoms with Crippen molar-refractivity contribution in [1.82, 2.24) is 0 Å². The van der Waals surface area contributed by atoms with Crippen molar-refractivity contribution in [3.63, 3.8) is 0 Å². The molecule has 1 aliphatic rings. The first-order chi connectivity index (χ1) is 8.98. The third-order valence-corrected chi connectivity index (χ3v) is 3.46. The molecule has 0 saturated heterocycles. The zero-order valence-corrected chi connectivity index (χ0v) is 12.4. The van der Waals surface area contributed by atoms with Crippen molar-refractivity contribution in [3.05, 3.63) is 59.7 Å². The van der Waals surface area contributed by atoms with Crippen LogP contribution in [0.2, 0.25) is 0 Å². The Balaban J connectivity index is 2.50. The van der Waals surface area contributed by atoms with Crippen LogP contribution < -0.4 is 0 Å². The summed E-state index contributed by atoms with van der Waals surface area (Å²) in [6.45, 7) is 8.57. The molecule has 102 valence electrons. The van der Waals surface area contributed by atoms with Crippen molar-refractivity contribution >= 4 is 0 Å². The fourth-order valence-corrected chi connectivity index (χ4v) is 2.75. The first-order valence-corrected chi connectivity index (χ1v) is 7.11. The Hall–Kier alpha value is -1.34. The molecule has 0 N–H and O–H groups in total. The quantitative estimate of drug-likeness (QED) is 0.737. The van der Waals surface area contributed by atoms with Crippen LogP contribution in [0.4, 0.5) is 0 Å². The predicted octanol–water partition coefficient (Wildman–Crippen LogP) is 4.99. The molecule has 0 amide bonds. The molecule has 1 unspecified atom stereocenters. The van der Waals surface area contributed by atoms with E-state index < -0.39 is 0 Å². The molecule has 1 aromatic rings. The number of ether oxygens (including phenoxy) is 1. The van der Waals surface area contributed by atoms with Gasteiger partial charge in [0.25, 0.3) is 0 Å². The fraction of sp³-hybridized carbons (Fsp3) is 0.444. The third kappa shape index (κ3) is 2.98. The van der Waals surface area contributed by atoms with Crippen molar-refractivity contribution in [2.75, 3.05) is 0 Å². The molecule has 0 bridgehead atoms. The molecule has 1 aromatic carbocycles. The van der Waals surface area contributed by atoms with Crippen molar-refractivity contribution in [1.29, 1.82) is 0 Å². The smallest absolute Gasteiger partial charge is 0.118 e. The summed E-state index contributed by atoms with van der Waals surface area (Å²) in [5.41, 5.74) is 2.02. The molecule has 0 aromatic heterocycles. The van der Waals surface area contributed by atoms with Crippen molar-refractivity contribution < 1.29 is 4.74 Å². The summed E-state index contributed by atoms with van der Waals surface area (Å²) in [4.78, 5) is 0. The van der Waals surface area contributed by atoms with Crippen LogP contribution in [0.15, 0.2) is 54.1 Å². The molecule has 0 saturated carbocycles. The predicted molar refractivity (Wildman–Crippen MR) is 81.1 cm³/mol. The second-order valence-corrected chi connectivity index (χ2v) is 6.06. The molecule has 2 rings (SSSR count). The Morgan fingerprint density at radius 3 is 2.26 bits per heavy atom. The average Bonchev–Trinajstić information content (AvgIpc) is 2.90. The topological polar surface area (TPSA) is 9.23 Å². The summed E-state index contributed by atoms with van der Waals surface area (Å²) in [6, 6.07) is 10.6. The van der Waals surface area contributed by atoms with Gasteiger partial charge in [-0.15, -0.1) is 0 Å². The lowest BCUT2D eigenvalue weighted by Gasteiger charge is -2.40. The second-order valence-electron chi connectivity index (χ2n) is 6.06. The van der Waals surface area contributed by atoms with Crippen LogP contribution in [0.1, 0.15) is 46.1 Å². The van der Waals surface area contributed by atoms with Crippen LogP contribution in [0, 0.1) is 0 Å². The van der Waals surface area contributed by atoms with E-state index in [9.17, 15) is 0 Å². The van der Waals surface area contributed by atoms with Crippen molar-refractivity contribution in [2.24, 2.45) is 0 Å². The number of rotatable bonds is 4. The zero-order chi connectivity index (χ0) is 13.9. The van der Waals surface area contributed by atoms with E-state index in [1.54, 1.807) is 0 Å². The lowest BCUT2D eigenvalue weighted by atomic mass is 9.83. The van der Waals surface area contributed by atoms with Gasteiger partial charge in [0.1, 0.15) is 5.60 Å². The van der Waals surface area contributed by atoms with Crippen LogP contribution in [0.5, 0.6) is 0 Å². The maximum atomic E-state index is 6.53. The Bertz CT molecular complexity index is 476. The summed E-state index contributed by atoms with van der Waals surface area (Å²) in [6.07, 6.45) is 8.64. The first-order valence-electron chi connectivity index (χ1n) is 7.11. The van der Waals surface area contributed by atoms with Crippen LogP contribution in [0.25, 0.3) is 0 Å². The Morgan fingerprint density at radius 2 is 1.79 bits per heavy atom. The van der Waals surface area contributed by atoms with E-state index in [1.165, 1.54) is 11.1 Å². The van der Waals surface area contributed by atoms with Gasteiger partial charge in [-0.1, -0.05) is 55.5 Å². The minimum absolute atomic E-state index is 0.177. The van der Waals surface area contributed by atoms with E-state index in [1.807, 2.05) is 0 Å². The van der Waals surface area contributed by atoms with Gasteiger partial charge in [0.2, 0.25) is 0 Å². The van der Waals surface area contributed by atoms with E-state index in [-0.39, 0.29) is 11.2 Å². The molecule has 19 heavy (non-hydrogen) atoms. The van der Waals surface area contributed by atoms with Crippen LogP contribution >= 0.6 is 0 Å². The van der Waals surface area contributed by atoms with Gasteiger partial charge in [0.05, 0.1) is 5.60 Å². The van der Waals surface area contributed by atoms with Gasteiger partial charge < -0.3 is 4.74 Å². The van der Waals surface area contributed by atoms with Gasteiger partial charge in [0, 0.05) is 0 Å². The Kier molecular flexibility index (Phi) is 3.96. The molecular weight excluding hydrogens is 232 g/mol. The zero-order valence-electron chi connectivity index (χ0n) is 12.4. The minimum Gasteiger partial charge on any atom is -0.360 e. The highest BCUT2D eigenvalue weighted by Gasteiger charge is 2.38. The molecule has 0 fully saturated rings. The van der Waals surface area contributed by atoms with E-state index in [0.717, 1.165) is 12.8 Å². The molecule has 1 nitrogen and oxygen atoms in total. The van der Waals surface area contributed by atoms with Gasteiger partial charge in [0.15, 0.2) is 0 Å². The Morgan fingerprint density at radius 1 is 1.11 bits per heavy atom. The van der Waals surface area contributed by atoms with Gasteiger partial charge in [-0.3, -0.25) is 0 Å². The number of hydrogen-bond donors (Lipinski definition) is 0. The highest BCUT2D eigenvalue weighted by atomic mass is 16.5. The first kappa shape index (κ1) is 14.1. The van der Waals surface area contributed by atoms with E-state index in [4.69, 9.17) is 4.74 Å². The van der Waals surface area contributed by atoms with Gasteiger partial charge in [-0.25, -0.2) is 0 Å². The summed E-state index contributed by atoms with van der Waals surface area (Å²) in [5, 5.41) is 0. The molecule has 0 spiro atoms. The normalized spacial score (nSPS) is 18.2. The highest BCUT2D eigenvalue weighted by Crippen LogP contribution is 2.42. The fourth-order valence-electron chi connectivity index (χ4n) is 2.75. The minimum atomic E-state index is -0.327. The molecule has 0 radical (unpaired) electrons. The lowest BCUT2D eigenvalue weighted by Crippen LogP contribution is -2.38. The SMILES string of the molecule is CCC(OC(C)(C)C)(C1=CCC=C1)c1ccccc1. The van der Waals surface area contributed by atoms with E-state index in [2.05, 4.69) is 76.3 Å². The molecule has 1 heteroatoms. The van der Waals surface area contributed by atoms with E-state index >= 15 is 0 Å². The number of benzene rings is 1. The standard InChI is InChI=1S/C18H24O/c1-5-18(19-17(2,3)4,16-13-9-10-14-16)15-11-7-6-8-12-15/h6-9,11-14H,5,10H2,1-4H3. The summed E-state index contributed by atoms with van der Waals surface area (Å²) in [7, 11) is 0. The monoisotopic (exact) mass is 256 g/mol. The maximum absolute atomic E-state index is 6.53. The molecule has 0 heterocycles. The van der Waals surface area contributed by atoms with Crippen molar-refractivity contribution in [3.8, 4) is 0 Å². The average molecular weight is 256 g/mol. The third-order valence-electron chi connectivity index (χ3n) is 3.46. The second kappa shape index (κ2) is 5.34. The highest BCUT2D eigenvalue weighted by molar-refractivity contribution is 5.42. The van der Waals surface area contributed by atoms with Gasteiger partial charge in [-0.2, -0.15) is 0 Å².